The van der Waals surface area contributed by atoms with Crippen molar-refractivity contribution in [3.05, 3.63) is 52.2 Å². The zero-order valence-electron chi connectivity index (χ0n) is 15.0. The molecule has 134 valence electrons. The number of fused-ring (bicyclic) bond motifs is 3. The van der Waals surface area contributed by atoms with Crippen LogP contribution in [0.5, 0.6) is 0 Å². The molecular formula is C21H23N3OS. The van der Waals surface area contributed by atoms with E-state index in [1.165, 1.54) is 28.7 Å². The van der Waals surface area contributed by atoms with Crippen LogP contribution in [0.1, 0.15) is 34.7 Å². The van der Waals surface area contributed by atoms with Crippen LogP contribution in [0.4, 0.5) is 5.82 Å². The van der Waals surface area contributed by atoms with Crippen molar-refractivity contribution in [1.82, 2.24) is 9.97 Å². The summed E-state index contributed by atoms with van der Waals surface area (Å²) in [5.74, 6) is 1.66. The molecular weight excluding hydrogens is 342 g/mol. The van der Waals surface area contributed by atoms with E-state index in [4.69, 9.17) is 9.97 Å². The maximum Gasteiger partial charge on any atom is 0.155 e. The molecule has 1 aliphatic carbocycles. The van der Waals surface area contributed by atoms with Crippen molar-refractivity contribution in [2.24, 2.45) is 0 Å². The molecule has 0 unspecified atom stereocenters. The largest absolute Gasteiger partial charge is 0.395 e. The van der Waals surface area contributed by atoms with Crippen LogP contribution in [-0.2, 0) is 12.8 Å². The topological polar surface area (TPSA) is 49.2 Å². The van der Waals surface area contributed by atoms with Gasteiger partial charge in [0.1, 0.15) is 10.6 Å². The summed E-state index contributed by atoms with van der Waals surface area (Å²) in [6.07, 6.45) is 8.77. The molecule has 4 nitrogen and oxygen atoms in total. The molecule has 0 radical (unpaired) electrons. The second-order valence-corrected chi connectivity index (χ2v) is 7.77. The molecule has 3 aromatic rings. The number of benzene rings is 1. The lowest BCUT2D eigenvalue weighted by atomic mass is 9.97. The summed E-state index contributed by atoms with van der Waals surface area (Å²) in [6.45, 7) is 0.683. The number of nitrogens with zero attached hydrogens (tertiary/aromatic N) is 3. The lowest BCUT2D eigenvalue weighted by Crippen LogP contribution is -2.23. The van der Waals surface area contributed by atoms with Gasteiger partial charge >= 0.3 is 0 Å². The standard InChI is InChI=1S/C21H23N3OS/c1-24(13-14-25)20-19-16-9-5-6-10-17(16)26-21(19)23-18(22-20)12-11-15-7-3-2-4-8-15/h2-4,7-8,11-12,25H,5-6,9-10,13-14H2,1H3/b12-11+. The molecule has 26 heavy (non-hydrogen) atoms. The third-order valence-electron chi connectivity index (χ3n) is 4.83. The predicted octanol–water partition coefficient (Wildman–Crippen LogP) is 4.17. The van der Waals surface area contributed by atoms with Crippen LogP contribution in [0.3, 0.4) is 0 Å². The summed E-state index contributed by atoms with van der Waals surface area (Å²) >= 11 is 1.81. The quantitative estimate of drug-likeness (QED) is 0.737. The van der Waals surface area contributed by atoms with Gasteiger partial charge in [0.05, 0.1) is 12.0 Å². The molecule has 5 heteroatoms. The normalized spacial score (nSPS) is 14.1. The van der Waals surface area contributed by atoms with Crippen LogP contribution >= 0.6 is 11.3 Å². The van der Waals surface area contributed by atoms with Crippen molar-refractivity contribution >= 4 is 39.5 Å². The Morgan fingerprint density at radius 2 is 1.92 bits per heavy atom. The van der Waals surface area contributed by atoms with Crippen LogP contribution in [0, 0.1) is 0 Å². The number of aromatic nitrogens is 2. The molecule has 0 aliphatic heterocycles. The van der Waals surface area contributed by atoms with Gasteiger partial charge in [-0.3, -0.25) is 0 Å². The number of aryl methyl sites for hydroxylation is 2. The van der Waals surface area contributed by atoms with Gasteiger partial charge in [-0.05, 0) is 42.9 Å². The van der Waals surface area contributed by atoms with E-state index in [0.29, 0.717) is 6.54 Å². The summed E-state index contributed by atoms with van der Waals surface area (Å²) < 4.78 is 0. The van der Waals surface area contributed by atoms with Crippen LogP contribution in [0.15, 0.2) is 30.3 Å². The summed E-state index contributed by atoms with van der Waals surface area (Å²) in [4.78, 5) is 14.2. The number of thiophene rings is 1. The lowest BCUT2D eigenvalue weighted by molar-refractivity contribution is 0.304. The van der Waals surface area contributed by atoms with Gasteiger partial charge in [0.2, 0.25) is 0 Å². The lowest BCUT2D eigenvalue weighted by Gasteiger charge is -2.19. The van der Waals surface area contributed by atoms with E-state index in [0.717, 1.165) is 34.9 Å². The maximum absolute atomic E-state index is 9.38. The summed E-state index contributed by atoms with van der Waals surface area (Å²) in [5.41, 5.74) is 2.56. The number of rotatable bonds is 5. The molecule has 1 aromatic carbocycles. The molecule has 0 spiro atoms. The molecule has 0 saturated carbocycles. The van der Waals surface area contributed by atoms with E-state index in [-0.39, 0.29) is 6.61 Å². The molecule has 1 aliphatic rings. The Balaban J connectivity index is 1.81. The number of hydrogen-bond donors (Lipinski definition) is 1. The first-order valence-electron chi connectivity index (χ1n) is 9.13. The van der Waals surface area contributed by atoms with Crippen molar-refractivity contribution in [3.8, 4) is 0 Å². The van der Waals surface area contributed by atoms with E-state index in [1.54, 1.807) is 0 Å². The Labute approximate surface area is 157 Å². The van der Waals surface area contributed by atoms with Gasteiger partial charge in [-0.1, -0.05) is 36.4 Å². The van der Waals surface area contributed by atoms with E-state index < -0.39 is 0 Å². The van der Waals surface area contributed by atoms with Gasteiger partial charge in [-0.15, -0.1) is 11.3 Å². The fourth-order valence-corrected chi connectivity index (χ4v) is 4.76. The Morgan fingerprint density at radius 3 is 2.73 bits per heavy atom. The summed E-state index contributed by atoms with van der Waals surface area (Å²) in [7, 11) is 2.00. The Bertz CT molecular complexity index is 933. The average molecular weight is 366 g/mol. The minimum Gasteiger partial charge on any atom is -0.395 e. The fraction of sp³-hybridized carbons (Fsp3) is 0.333. The molecule has 0 saturated heterocycles. The van der Waals surface area contributed by atoms with Crippen molar-refractivity contribution in [1.29, 1.82) is 0 Å². The molecule has 1 N–H and O–H groups in total. The predicted molar refractivity (Wildman–Crippen MR) is 110 cm³/mol. The Hall–Kier alpha value is -2.24. The van der Waals surface area contributed by atoms with Gasteiger partial charge in [0.25, 0.3) is 0 Å². The SMILES string of the molecule is CN(CCO)c1nc(/C=C/c2ccccc2)nc2sc3c(c12)CCCC3. The number of likely N-dealkylation sites (N-methyl/N-ethyl adjacent to an activating group) is 1. The highest BCUT2D eigenvalue weighted by Gasteiger charge is 2.22. The zero-order chi connectivity index (χ0) is 17.9. The number of hydrogen-bond acceptors (Lipinski definition) is 5. The first kappa shape index (κ1) is 17.2. The van der Waals surface area contributed by atoms with Crippen molar-refractivity contribution < 1.29 is 5.11 Å². The van der Waals surface area contributed by atoms with Crippen molar-refractivity contribution in [2.75, 3.05) is 25.1 Å². The number of aliphatic hydroxyl groups excluding tert-OH is 1. The molecule has 0 atom stereocenters. The second-order valence-electron chi connectivity index (χ2n) is 6.69. The highest BCUT2D eigenvalue weighted by molar-refractivity contribution is 7.19. The first-order chi connectivity index (χ1) is 12.8. The number of aliphatic hydroxyl groups is 1. The molecule has 0 bridgehead atoms. The van der Waals surface area contributed by atoms with Gasteiger partial charge in [0.15, 0.2) is 5.82 Å². The third-order valence-corrected chi connectivity index (χ3v) is 6.02. The van der Waals surface area contributed by atoms with Gasteiger partial charge in [-0.2, -0.15) is 0 Å². The second kappa shape index (κ2) is 7.56. The maximum atomic E-state index is 9.38. The van der Waals surface area contributed by atoms with Crippen molar-refractivity contribution in [3.63, 3.8) is 0 Å². The highest BCUT2D eigenvalue weighted by Crippen LogP contribution is 2.39. The summed E-state index contributed by atoms with van der Waals surface area (Å²) in [5, 5.41) is 10.6. The van der Waals surface area contributed by atoms with Crippen molar-refractivity contribution in [2.45, 2.75) is 25.7 Å². The highest BCUT2D eigenvalue weighted by atomic mass is 32.1. The molecule has 4 rings (SSSR count). The minimum absolute atomic E-state index is 0.115. The Morgan fingerprint density at radius 1 is 1.12 bits per heavy atom. The van der Waals surface area contributed by atoms with E-state index in [1.807, 2.05) is 53.6 Å². The zero-order valence-corrected chi connectivity index (χ0v) is 15.8. The smallest absolute Gasteiger partial charge is 0.155 e. The molecule has 2 aromatic heterocycles. The third kappa shape index (κ3) is 3.37. The fourth-order valence-electron chi connectivity index (χ4n) is 3.50. The molecule has 2 heterocycles. The molecule has 0 fully saturated rings. The van der Waals surface area contributed by atoms with Gasteiger partial charge < -0.3 is 10.0 Å². The molecule has 0 amide bonds. The monoisotopic (exact) mass is 365 g/mol. The van der Waals surface area contributed by atoms with E-state index in [9.17, 15) is 5.11 Å². The van der Waals surface area contributed by atoms with E-state index >= 15 is 0 Å². The minimum atomic E-state index is 0.115. The van der Waals surface area contributed by atoms with Crippen LogP contribution in [0.25, 0.3) is 22.4 Å². The summed E-state index contributed by atoms with van der Waals surface area (Å²) in [6, 6.07) is 10.2. The van der Waals surface area contributed by atoms with Crippen LogP contribution in [0.2, 0.25) is 0 Å². The van der Waals surface area contributed by atoms with Gasteiger partial charge in [-0.25, -0.2) is 9.97 Å². The Kier molecular flexibility index (Phi) is 5.00. The van der Waals surface area contributed by atoms with E-state index in [2.05, 4.69) is 12.1 Å². The first-order valence-corrected chi connectivity index (χ1v) is 9.95. The average Bonchev–Trinajstić information content (AvgIpc) is 3.05. The number of anilines is 1. The van der Waals surface area contributed by atoms with Crippen LogP contribution < -0.4 is 4.90 Å². The van der Waals surface area contributed by atoms with Crippen LogP contribution in [-0.4, -0.2) is 35.3 Å². The van der Waals surface area contributed by atoms with Gasteiger partial charge in [0, 0.05) is 18.5 Å².